The molecule has 0 fully saturated rings. The Labute approximate surface area is 128 Å². The molecule has 0 N–H and O–H groups in total. The van der Waals surface area contributed by atoms with E-state index in [9.17, 15) is 4.39 Å². The molecule has 0 amide bonds. The first kappa shape index (κ1) is 14.1. The molecular weight excluding hydrogens is 287 g/mol. The van der Waals surface area contributed by atoms with Crippen LogP contribution in [0.3, 0.4) is 0 Å². The number of hydrogen-bond donors (Lipinski definition) is 0. The van der Waals surface area contributed by atoms with E-state index in [-0.39, 0.29) is 11.2 Å². The summed E-state index contributed by atoms with van der Waals surface area (Å²) in [6.07, 6.45) is 0. The van der Waals surface area contributed by atoms with E-state index in [2.05, 4.69) is 4.98 Å². The molecular formula is C17H16ClFN2. The van der Waals surface area contributed by atoms with E-state index < -0.39 is 0 Å². The second-order valence-corrected chi connectivity index (χ2v) is 5.97. The molecule has 2 nitrogen and oxygen atoms in total. The van der Waals surface area contributed by atoms with Crippen LogP contribution in [0, 0.1) is 19.7 Å². The molecule has 21 heavy (non-hydrogen) atoms. The highest BCUT2D eigenvalue weighted by Gasteiger charge is 2.19. The van der Waals surface area contributed by atoms with Crippen molar-refractivity contribution in [2.45, 2.75) is 26.1 Å². The Balaban J connectivity index is 2.39. The van der Waals surface area contributed by atoms with Crippen molar-refractivity contribution in [3.05, 3.63) is 59.2 Å². The average Bonchev–Trinajstić information content (AvgIpc) is 2.80. The molecule has 3 rings (SSSR count). The molecule has 0 aliphatic heterocycles. The zero-order valence-corrected chi connectivity index (χ0v) is 12.9. The smallest absolute Gasteiger partial charge is 0.147 e. The molecule has 1 aromatic heterocycles. The van der Waals surface area contributed by atoms with Gasteiger partial charge in [0.15, 0.2) is 0 Å². The number of fused-ring (bicyclic) bond motifs is 1. The van der Waals surface area contributed by atoms with Gasteiger partial charge in [0, 0.05) is 0 Å². The van der Waals surface area contributed by atoms with Gasteiger partial charge in [-0.05, 0) is 50.1 Å². The minimum absolute atomic E-state index is 0.269. The van der Waals surface area contributed by atoms with Crippen LogP contribution in [0.2, 0.25) is 0 Å². The van der Waals surface area contributed by atoms with Crippen LogP contribution in [-0.2, 0) is 0 Å². The number of aryl methyl sites for hydroxylation is 2. The van der Waals surface area contributed by atoms with Crippen LogP contribution >= 0.6 is 11.6 Å². The molecule has 1 heterocycles. The number of nitrogens with zero attached hydrogens (tertiary/aromatic N) is 2. The third kappa shape index (κ3) is 2.32. The summed E-state index contributed by atoms with van der Waals surface area (Å²) in [5, 5.41) is -0.308. The molecule has 0 spiro atoms. The minimum atomic E-state index is -0.308. The van der Waals surface area contributed by atoms with Gasteiger partial charge in [-0.25, -0.2) is 9.37 Å². The van der Waals surface area contributed by atoms with Gasteiger partial charge in [-0.2, -0.15) is 0 Å². The number of halogens is 2. The number of rotatable bonds is 2. The van der Waals surface area contributed by atoms with Crippen LogP contribution in [-0.4, -0.2) is 9.55 Å². The van der Waals surface area contributed by atoms with Crippen molar-refractivity contribution in [2.24, 2.45) is 0 Å². The molecule has 0 aliphatic carbocycles. The Bertz CT molecular complexity index is 821. The van der Waals surface area contributed by atoms with Crippen molar-refractivity contribution < 1.29 is 4.39 Å². The average molecular weight is 303 g/mol. The minimum Gasteiger partial charge on any atom is -0.292 e. The van der Waals surface area contributed by atoms with Gasteiger partial charge in [0.2, 0.25) is 0 Å². The number of alkyl halides is 1. The first-order chi connectivity index (χ1) is 9.99. The van der Waals surface area contributed by atoms with Crippen LogP contribution in [0.1, 0.15) is 29.3 Å². The summed E-state index contributed by atoms with van der Waals surface area (Å²) < 4.78 is 16.2. The Morgan fingerprint density at radius 3 is 2.62 bits per heavy atom. The quantitative estimate of drug-likeness (QED) is 0.604. The molecule has 4 heteroatoms. The Morgan fingerprint density at radius 1 is 1.19 bits per heavy atom. The predicted octanol–water partition coefficient (Wildman–Crippen LogP) is 5.08. The van der Waals surface area contributed by atoms with Gasteiger partial charge in [-0.3, -0.25) is 4.57 Å². The van der Waals surface area contributed by atoms with Crippen molar-refractivity contribution >= 4 is 22.6 Å². The van der Waals surface area contributed by atoms with E-state index in [1.54, 1.807) is 6.07 Å². The van der Waals surface area contributed by atoms with Crippen molar-refractivity contribution in [3.63, 3.8) is 0 Å². The number of aromatic nitrogens is 2. The van der Waals surface area contributed by atoms with Gasteiger partial charge in [-0.15, -0.1) is 11.6 Å². The Hall–Kier alpha value is -1.87. The summed E-state index contributed by atoms with van der Waals surface area (Å²) >= 11 is 6.26. The van der Waals surface area contributed by atoms with Gasteiger partial charge < -0.3 is 0 Å². The van der Waals surface area contributed by atoms with Crippen LogP contribution < -0.4 is 0 Å². The highest BCUT2D eigenvalue weighted by atomic mass is 35.5. The fraction of sp³-hybridized carbons (Fsp3) is 0.235. The third-order valence-electron chi connectivity index (χ3n) is 3.61. The lowest BCUT2D eigenvalue weighted by atomic mass is 10.2. The molecule has 1 atom stereocenters. The van der Waals surface area contributed by atoms with E-state index in [0.29, 0.717) is 11.5 Å². The molecule has 0 saturated carbocycles. The van der Waals surface area contributed by atoms with Crippen LogP contribution in [0.25, 0.3) is 16.7 Å². The predicted molar refractivity (Wildman–Crippen MR) is 84.8 cm³/mol. The fourth-order valence-corrected chi connectivity index (χ4v) is 2.72. The van der Waals surface area contributed by atoms with E-state index in [0.717, 1.165) is 22.2 Å². The molecule has 3 aromatic rings. The lowest BCUT2D eigenvalue weighted by Gasteiger charge is -2.12. The van der Waals surface area contributed by atoms with Gasteiger partial charge >= 0.3 is 0 Å². The molecule has 2 aromatic carbocycles. The largest absolute Gasteiger partial charge is 0.292 e. The monoisotopic (exact) mass is 302 g/mol. The highest BCUT2D eigenvalue weighted by molar-refractivity contribution is 6.20. The first-order valence-electron chi connectivity index (χ1n) is 6.87. The molecule has 0 aliphatic rings. The maximum atomic E-state index is 14.4. The van der Waals surface area contributed by atoms with Crippen molar-refractivity contribution in [3.8, 4) is 5.69 Å². The summed E-state index contributed by atoms with van der Waals surface area (Å²) in [5.74, 6) is 0.387. The summed E-state index contributed by atoms with van der Waals surface area (Å²) in [7, 11) is 0. The normalized spacial score (nSPS) is 12.8. The molecule has 0 saturated heterocycles. The summed E-state index contributed by atoms with van der Waals surface area (Å²) in [6, 6.07) is 11.1. The maximum Gasteiger partial charge on any atom is 0.147 e. The molecule has 1 unspecified atom stereocenters. The Kier molecular flexibility index (Phi) is 3.46. The van der Waals surface area contributed by atoms with Crippen LogP contribution in [0.4, 0.5) is 4.39 Å². The first-order valence-corrected chi connectivity index (χ1v) is 7.31. The number of para-hydroxylation sites is 1. The topological polar surface area (TPSA) is 17.8 Å². The third-order valence-corrected chi connectivity index (χ3v) is 3.81. The Morgan fingerprint density at radius 2 is 1.95 bits per heavy atom. The number of benzene rings is 2. The molecule has 0 bridgehead atoms. The SMILES string of the molecule is Cc1ccc(-n2c(C(C)Cl)nc3c(C)cccc32)c(F)c1. The zero-order chi connectivity index (χ0) is 15.1. The van der Waals surface area contributed by atoms with Gasteiger partial charge in [-0.1, -0.05) is 18.2 Å². The molecule has 108 valence electrons. The van der Waals surface area contributed by atoms with E-state index in [1.165, 1.54) is 6.07 Å². The lowest BCUT2D eigenvalue weighted by molar-refractivity contribution is 0.615. The van der Waals surface area contributed by atoms with Crippen molar-refractivity contribution in [1.82, 2.24) is 9.55 Å². The van der Waals surface area contributed by atoms with Gasteiger partial charge in [0.05, 0.1) is 22.1 Å². The summed E-state index contributed by atoms with van der Waals surface area (Å²) in [6.45, 7) is 5.71. The molecule has 0 radical (unpaired) electrons. The second-order valence-electron chi connectivity index (χ2n) is 5.32. The fourth-order valence-electron chi connectivity index (χ4n) is 2.57. The number of hydrogen-bond acceptors (Lipinski definition) is 1. The van der Waals surface area contributed by atoms with Gasteiger partial charge in [0.1, 0.15) is 11.6 Å². The van der Waals surface area contributed by atoms with Crippen LogP contribution in [0.15, 0.2) is 36.4 Å². The van der Waals surface area contributed by atoms with E-state index >= 15 is 0 Å². The highest BCUT2D eigenvalue weighted by Crippen LogP contribution is 2.30. The summed E-state index contributed by atoms with van der Waals surface area (Å²) in [5.41, 5.74) is 4.16. The van der Waals surface area contributed by atoms with Crippen molar-refractivity contribution in [1.29, 1.82) is 0 Å². The van der Waals surface area contributed by atoms with E-state index in [4.69, 9.17) is 11.6 Å². The van der Waals surface area contributed by atoms with E-state index in [1.807, 2.05) is 49.6 Å². The summed E-state index contributed by atoms with van der Waals surface area (Å²) in [4.78, 5) is 4.62. The standard InChI is InChI=1S/C17H16ClFN2/c1-10-7-8-14(13(19)9-10)21-15-6-4-5-11(2)16(15)20-17(21)12(3)18/h4-9,12H,1-3H3. The number of imidazole rings is 1. The lowest BCUT2D eigenvalue weighted by Crippen LogP contribution is -2.04. The second kappa shape index (κ2) is 5.15. The van der Waals surface area contributed by atoms with Crippen molar-refractivity contribution in [2.75, 3.05) is 0 Å². The maximum absolute atomic E-state index is 14.4. The van der Waals surface area contributed by atoms with Crippen LogP contribution in [0.5, 0.6) is 0 Å². The zero-order valence-electron chi connectivity index (χ0n) is 12.2. The van der Waals surface area contributed by atoms with Gasteiger partial charge in [0.25, 0.3) is 0 Å².